The fourth-order valence-electron chi connectivity index (χ4n) is 3.60. The van der Waals surface area contributed by atoms with Crippen LogP contribution < -0.4 is 15.6 Å². The molecule has 35 heavy (non-hydrogen) atoms. The number of thiophene rings is 1. The summed E-state index contributed by atoms with van der Waals surface area (Å²) in [7, 11) is 0. The van der Waals surface area contributed by atoms with E-state index >= 15 is 0 Å². The molecule has 0 atom stereocenters. The third kappa shape index (κ3) is 5.03. The van der Waals surface area contributed by atoms with Gasteiger partial charge in [-0.2, -0.15) is 0 Å². The maximum absolute atomic E-state index is 13.1. The van der Waals surface area contributed by atoms with Crippen LogP contribution in [0, 0.1) is 24.0 Å². The maximum Gasteiger partial charge on any atom is 0.275 e. The molecule has 0 saturated carbocycles. The Kier molecular flexibility index (Phi) is 6.86. The molecule has 0 saturated heterocycles. The van der Waals surface area contributed by atoms with Crippen LogP contribution >= 0.6 is 22.9 Å². The van der Waals surface area contributed by atoms with Gasteiger partial charge >= 0.3 is 0 Å². The number of amides is 1. The Morgan fingerprint density at radius 1 is 1.23 bits per heavy atom. The molecule has 0 aliphatic carbocycles. The molecule has 0 radical (unpaired) electrons. The number of anilines is 1. The van der Waals surface area contributed by atoms with Crippen LogP contribution in [0.5, 0.6) is 11.5 Å². The first kappa shape index (κ1) is 24.4. The van der Waals surface area contributed by atoms with Crippen LogP contribution in [-0.2, 0) is 6.54 Å². The molecule has 4 aromatic rings. The smallest absolute Gasteiger partial charge is 0.275 e. The van der Waals surface area contributed by atoms with Crippen molar-refractivity contribution in [3.8, 4) is 11.5 Å². The number of nitro benzene ring substituents is 1. The zero-order valence-corrected chi connectivity index (χ0v) is 20.7. The van der Waals surface area contributed by atoms with E-state index in [1.165, 1.54) is 29.1 Å². The van der Waals surface area contributed by atoms with Gasteiger partial charge in [-0.3, -0.25) is 24.3 Å². The Labute approximate surface area is 209 Å². The number of nitro groups is 1. The topological polar surface area (TPSA) is 116 Å². The highest BCUT2D eigenvalue weighted by atomic mass is 35.5. The van der Waals surface area contributed by atoms with E-state index in [-0.39, 0.29) is 22.7 Å². The molecule has 11 heteroatoms. The summed E-state index contributed by atoms with van der Waals surface area (Å²) in [6, 6.07) is 9.02. The van der Waals surface area contributed by atoms with Gasteiger partial charge in [0.1, 0.15) is 16.3 Å². The van der Waals surface area contributed by atoms with Crippen molar-refractivity contribution in [2.24, 2.45) is 0 Å². The highest BCUT2D eigenvalue weighted by Gasteiger charge is 2.21. The number of carbonyl (C=O) groups is 1. The maximum atomic E-state index is 13.1. The molecule has 4 rings (SSSR count). The van der Waals surface area contributed by atoms with Crippen molar-refractivity contribution in [1.82, 2.24) is 9.55 Å². The number of aryl methyl sites for hydroxylation is 3. The molecule has 2 aromatic carbocycles. The van der Waals surface area contributed by atoms with Gasteiger partial charge in [0.25, 0.3) is 17.2 Å². The Hall–Kier alpha value is -3.76. The van der Waals surface area contributed by atoms with E-state index in [1.54, 1.807) is 25.1 Å². The monoisotopic (exact) mass is 512 g/mol. The first-order valence-corrected chi connectivity index (χ1v) is 11.9. The molecule has 0 bridgehead atoms. The molecule has 180 valence electrons. The number of fused-ring (bicyclic) bond motifs is 1. The summed E-state index contributed by atoms with van der Waals surface area (Å²) in [5, 5.41) is 15.1. The molecule has 0 fully saturated rings. The van der Waals surface area contributed by atoms with Gasteiger partial charge in [0, 0.05) is 23.7 Å². The lowest BCUT2D eigenvalue weighted by molar-refractivity contribution is -0.384. The Balaban J connectivity index is 1.67. The minimum absolute atomic E-state index is 0.174. The SMILES string of the molecule is CCCn1cnc2sc(C(=O)Nc3cc(Oc4ccc(Cl)c(C)c4)cc([N+](=O)[O-])c3)c(C)c2c1=O. The number of halogens is 1. The van der Waals surface area contributed by atoms with Crippen molar-refractivity contribution in [1.29, 1.82) is 0 Å². The van der Waals surface area contributed by atoms with E-state index < -0.39 is 10.8 Å². The molecule has 2 heterocycles. The van der Waals surface area contributed by atoms with Gasteiger partial charge in [0.05, 0.1) is 33.3 Å². The van der Waals surface area contributed by atoms with Crippen LogP contribution in [-0.4, -0.2) is 20.4 Å². The number of nitrogens with zero attached hydrogens (tertiary/aromatic N) is 3. The van der Waals surface area contributed by atoms with Gasteiger partial charge < -0.3 is 10.1 Å². The van der Waals surface area contributed by atoms with Crippen LogP contribution in [0.2, 0.25) is 5.02 Å². The van der Waals surface area contributed by atoms with E-state index in [0.29, 0.717) is 38.0 Å². The Bertz CT molecular complexity index is 1530. The number of rotatable bonds is 7. The molecule has 0 aliphatic heterocycles. The second kappa shape index (κ2) is 9.85. The summed E-state index contributed by atoms with van der Waals surface area (Å²) in [4.78, 5) is 41.9. The third-order valence-electron chi connectivity index (χ3n) is 5.31. The van der Waals surface area contributed by atoms with Crippen molar-refractivity contribution in [2.45, 2.75) is 33.7 Å². The van der Waals surface area contributed by atoms with E-state index in [1.807, 2.05) is 13.8 Å². The normalized spacial score (nSPS) is 11.0. The molecule has 0 aliphatic rings. The van der Waals surface area contributed by atoms with Crippen LogP contribution in [0.3, 0.4) is 0 Å². The number of nitrogens with one attached hydrogen (secondary N) is 1. The van der Waals surface area contributed by atoms with Gasteiger partial charge in [0.15, 0.2) is 0 Å². The van der Waals surface area contributed by atoms with Crippen LogP contribution in [0.1, 0.15) is 34.1 Å². The average Bonchev–Trinajstić information content (AvgIpc) is 3.15. The van der Waals surface area contributed by atoms with Crippen LogP contribution in [0.25, 0.3) is 10.2 Å². The van der Waals surface area contributed by atoms with Crippen molar-refractivity contribution in [3.05, 3.63) is 84.2 Å². The fourth-order valence-corrected chi connectivity index (χ4v) is 4.75. The number of carbonyl (C=O) groups excluding carboxylic acids is 1. The first-order chi connectivity index (χ1) is 16.7. The molecule has 9 nitrogen and oxygen atoms in total. The van der Waals surface area contributed by atoms with Gasteiger partial charge in [-0.05, 0) is 49.6 Å². The molecule has 0 spiro atoms. The number of aromatic nitrogens is 2. The number of hydrogen-bond acceptors (Lipinski definition) is 7. The van der Waals surface area contributed by atoms with Crippen LogP contribution in [0.15, 0.2) is 47.5 Å². The van der Waals surface area contributed by atoms with Crippen molar-refractivity contribution < 1.29 is 14.5 Å². The highest BCUT2D eigenvalue weighted by molar-refractivity contribution is 7.20. The molecule has 2 aromatic heterocycles. The number of benzene rings is 2. The zero-order valence-electron chi connectivity index (χ0n) is 19.1. The van der Waals surface area contributed by atoms with Gasteiger partial charge in [-0.25, -0.2) is 4.98 Å². The predicted molar refractivity (Wildman–Crippen MR) is 136 cm³/mol. The van der Waals surface area contributed by atoms with Gasteiger partial charge in [0.2, 0.25) is 0 Å². The van der Waals surface area contributed by atoms with Crippen LogP contribution in [0.4, 0.5) is 11.4 Å². The van der Waals surface area contributed by atoms with Gasteiger partial charge in [-0.1, -0.05) is 18.5 Å². The second-order valence-corrected chi connectivity index (χ2v) is 9.33. The van der Waals surface area contributed by atoms with E-state index in [0.717, 1.165) is 23.3 Å². The summed E-state index contributed by atoms with van der Waals surface area (Å²) >= 11 is 7.15. The van der Waals surface area contributed by atoms with E-state index in [4.69, 9.17) is 16.3 Å². The predicted octanol–water partition coefficient (Wildman–Crippen LogP) is 6.09. The largest absolute Gasteiger partial charge is 0.457 e. The van der Waals surface area contributed by atoms with Gasteiger partial charge in [-0.15, -0.1) is 11.3 Å². The highest BCUT2D eigenvalue weighted by Crippen LogP contribution is 2.33. The zero-order chi connectivity index (χ0) is 25.3. The molecule has 0 unspecified atom stereocenters. The Morgan fingerprint density at radius 3 is 2.69 bits per heavy atom. The van der Waals surface area contributed by atoms with E-state index in [9.17, 15) is 19.7 Å². The van der Waals surface area contributed by atoms with E-state index in [2.05, 4.69) is 10.3 Å². The number of hydrogen-bond donors (Lipinski definition) is 1. The lowest BCUT2D eigenvalue weighted by Crippen LogP contribution is -2.20. The lowest BCUT2D eigenvalue weighted by atomic mass is 10.2. The molecule has 1 N–H and O–H groups in total. The van der Waals surface area contributed by atoms with Crippen molar-refractivity contribution >= 4 is 50.4 Å². The first-order valence-electron chi connectivity index (χ1n) is 10.7. The summed E-state index contributed by atoms with van der Waals surface area (Å²) in [5.74, 6) is 0.119. The molecular formula is C24H21ClN4O5S. The summed E-state index contributed by atoms with van der Waals surface area (Å²) in [6.07, 6.45) is 2.25. The summed E-state index contributed by atoms with van der Waals surface area (Å²) in [6.45, 7) is 5.99. The van der Waals surface area contributed by atoms with Crippen molar-refractivity contribution in [2.75, 3.05) is 5.32 Å². The summed E-state index contributed by atoms with van der Waals surface area (Å²) in [5.41, 5.74) is 1.03. The Morgan fingerprint density at radius 2 is 2.00 bits per heavy atom. The minimum Gasteiger partial charge on any atom is -0.457 e. The fraction of sp³-hybridized carbons (Fsp3) is 0.208. The molecule has 1 amide bonds. The number of non-ortho nitro benzene ring substituents is 1. The average molecular weight is 513 g/mol. The quantitative estimate of drug-likeness (QED) is 0.236. The minimum atomic E-state index is -0.569. The second-order valence-electron chi connectivity index (χ2n) is 7.92. The number of ether oxygens (including phenoxy) is 1. The summed E-state index contributed by atoms with van der Waals surface area (Å²) < 4.78 is 7.31. The molecular weight excluding hydrogens is 492 g/mol. The third-order valence-corrected chi connectivity index (χ3v) is 6.94. The van der Waals surface area contributed by atoms with Crippen molar-refractivity contribution in [3.63, 3.8) is 0 Å². The lowest BCUT2D eigenvalue weighted by Gasteiger charge is -2.10. The standard InChI is InChI=1S/C24H21ClN4O5S/c1-4-7-28-12-26-23-20(24(28)31)14(3)21(35-23)22(30)27-15-9-16(29(32)33)11-18(10-15)34-17-5-6-19(25)13(2)8-17/h5-6,8-12H,4,7H2,1-3H3,(H,27,30).